The molecular formula is C13H21N3O2. The van der Waals surface area contributed by atoms with Crippen molar-refractivity contribution in [2.75, 3.05) is 20.6 Å². The normalized spacial score (nSPS) is 16.6. The van der Waals surface area contributed by atoms with E-state index in [-0.39, 0.29) is 17.4 Å². The molecule has 5 nitrogen and oxygen atoms in total. The van der Waals surface area contributed by atoms with Gasteiger partial charge in [-0.3, -0.25) is 4.79 Å². The Hall–Kier alpha value is -1.36. The molecule has 2 rings (SSSR count). The van der Waals surface area contributed by atoms with E-state index < -0.39 is 0 Å². The van der Waals surface area contributed by atoms with E-state index >= 15 is 0 Å². The van der Waals surface area contributed by atoms with Crippen LogP contribution in [-0.2, 0) is 6.42 Å². The van der Waals surface area contributed by atoms with Crippen molar-refractivity contribution in [2.24, 2.45) is 0 Å². The molecule has 1 saturated carbocycles. The summed E-state index contributed by atoms with van der Waals surface area (Å²) in [4.78, 5) is 21.0. The van der Waals surface area contributed by atoms with E-state index in [2.05, 4.69) is 9.97 Å². The Bertz CT molecular complexity index is 462. The fourth-order valence-electron chi connectivity index (χ4n) is 2.55. The minimum atomic E-state index is -0.164. The highest BCUT2D eigenvalue weighted by molar-refractivity contribution is 5.27. The van der Waals surface area contributed by atoms with Gasteiger partial charge in [-0.25, -0.2) is 4.98 Å². The zero-order chi connectivity index (χ0) is 13.1. The molecule has 0 radical (unpaired) electrons. The lowest BCUT2D eigenvalue weighted by Crippen LogP contribution is -2.22. The smallest absolute Gasteiger partial charge is 0.258 e. The second-order valence-corrected chi connectivity index (χ2v) is 5.28. The molecular weight excluding hydrogens is 230 g/mol. The van der Waals surface area contributed by atoms with Crippen LogP contribution in [0.25, 0.3) is 0 Å². The Balaban J connectivity index is 2.21. The van der Waals surface area contributed by atoms with Gasteiger partial charge in [-0.2, -0.15) is 0 Å². The molecule has 100 valence electrons. The lowest BCUT2D eigenvalue weighted by Gasteiger charge is -2.12. The fourth-order valence-corrected chi connectivity index (χ4v) is 2.55. The molecule has 0 aliphatic heterocycles. The van der Waals surface area contributed by atoms with E-state index in [4.69, 9.17) is 0 Å². The first-order valence-corrected chi connectivity index (χ1v) is 6.54. The van der Waals surface area contributed by atoms with Crippen molar-refractivity contribution in [1.29, 1.82) is 0 Å². The first kappa shape index (κ1) is 13.1. The lowest BCUT2D eigenvalue weighted by atomic mass is 10.00. The van der Waals surface area contributed by atoms with Crippen LogP contribution in [0.1, 0.15) is 43.0 Å². The summed E-state index contributed by atoms with van der Waals surface area (Å²) in [6.07, 6.45) is 4.86. The van der Waals surface area contributed by atoms with Gasteiger partial charge in [-0.15, -0.1) is 0 Å². The average Bonchev–Trinajstić information content (AvgIpc) is 2.79. The van der Waals surface area contributed by atoms with Gasteiger partial charge in [0.15, 0.2) is 0 Å². The zero-order valence-corrected chi connectivity index (χ0v) is 11.1. The molecule has 1 aliphatic rings. The summed E-state index contributed by atoms with van der Waals surface area (Å²) < 4.78 is 0. The van der Waals surface area contributed by atoms with Crippen LogP contribution in [0.15, 0.2) is 4.79 Å². The first-order chi connectivity index (χ1) is 8.58. The predicted octanol–water partition coefficient (Wildman–Crippen LogP) is 1.24. The molecule has 0 atom stereocenters. The maximum Gasteiger partial charge on any atom is 0.258 e. The molecule has 0 saturated heterocycles. The Kier molecular flexibility index (Phi) is 4.01. The summed E-state index contributed by atoms with van der Waals surface area (Å²) in [7, 11) is 3.93. The van der Waals surface area contributed by atoms with E-state index in [1.165, 1.54) is 0 Å². The minimum absolute atomic E-state index is 0.0700. The molecule has 0 spiro atoms. The largest absolute Gasteiger partial charge is 0.493 e. The maximum atomic E-state index is 12.0. The Morgan fingerprint density at radius 2 is 2.06 bits per heavy atom. The summed E-state index contributed by atoms with van der Waals surface area (Å²) >= 11 is 0. The summed E-state index contributed by atoms with van der Waals surface area (Å²) in [5.74, 6) is 0.677. The van der Waals surface area contributed by atoms with E-state index in [1.54, 1.807) is 0 Å². The van der Waals surface area contributed by atoms with Gasteiger partial charge >= 0.3 is 0 Å². The van der Waals surface area contributed by atoms with Crippen LogP contribution in [0.3, 0.4) is 0 Å². The number of rotatable bonds is 4. The number of hydrogen-bond donors (Lipinski definition) is 2. The summed E-state index contributed by atoms with van der Waals surface area (Å²) in [6, 6.07) is 0. The molecule has 0 bridgehead atoms. The van der Waals surface area contributed by atoms with Crippen molar-refractivity contribution in [1.82, 2.24) is 14.9 Å². The van der Waals surface area contributed by atoms with Crippen LogP contribution in [0, 0.1) is 0 Å². The summed E-state index contributed by atoms with van der Waals surface area (Å²) in [5, 5.41) is 9.95. The molecule has 5 heteroatoms. The Morgan fingerprint density at radius 1 is 1.39 bits per heavy atom. The molecule has 0 aromatic carbocycles. The topological polar surface area (TPSA) is 69.2 Å². The number of aromatic amines is 1. The molecule has 0 amide bonds. The third-order valence-corrected chi connectivity index (χ3v) is 3.54. The number of likely N-dealkylation sites (N-methyl/N-ethyl adjacent to an activating group) is 1. The van der Waals surface area contributed by atoms with Crippen molar-refractivity contribution in [3.8, 4) is 5.88 Å². The van der Waals surface area contributed by atoms with E-state index in [0.29, 0.717) is 17.8 Å². The maximum absolute atomic E-state index is 12.0. The number of H-pyrrole nitrogens is 1. The van der Waals surface area contributed by atoms with Gasteiger partial charge in [0.05, 0.1) is 5.56 Å². The number of aromatic hydroxyl groups is 1. The van der Waals surface area contributed by atoms with Crippen molar-refractivity contribution >= 4 is 0 Å². The highest BCUT2D eigenvalue weighted by atomic mass is 16.3. The van der Waals surface area contributed by atoms with Gasteiger partial charge in [0.2, 0.25) is 5.88 Å². The Labute approximate surface area is 107 Å². The number of nitrogens with zero attached hydrogens (tertiary/aromatic N) is 2. The third-order valence-electron chi connectivity index (χ3n) is 3.54. The molecule has 18 heavy (non-hydrogen) atoms. The van der Waals surface area contributed by atoms with Crippen molar-refractivity contribution in [3.63, 3.8) is 0 Å². The second kappa shape index (κ2) is 5.52. The van der Waals surface area contributed by atoms with Gasteiger partial charge in [-0.05, 0) is 32.9 Å². The van der Waals surface area contributed by atoms with Crippen LogP contribution in [0.2, 0.25) is 0 Å². The number of hydrogen-bond acceptors (Lipinski definition) is 4. The third kappa shape index (κ3) is 2.90. The first-order valence-electron chi connectivity index (χ1n) is 6.54. The van der Waals surface area contributed by atoms with Crippen molar-refractivity contribution in [3.05, 3.63) is 21.7 Å². The molecule has 1 fully saturated rings. The highest BCUT2D eigenvalue weighted by Crippen LogP contribution is 2.35. The monoisotopic (exact) mass is 251 g/mol. The van der Waals surface area contributed by atoms with Gasteiger partial charge in [-0.1, -0.05) is 12.8 Å². The SMILES string of the molecule is CN(C)CCc1nc(O)c(C2CCCC2)c(=O)[nH]1. The Morgan fingerprint density at radius 3 is 2.61 bits per heavy atom. The van der Waals surface area contributed by atoms with Crippen molar-refractivity contribution < 1.29 is 5.11 Å². The molecule has 1 aliphatic carbocycles. The minimum Gasteiger partial charge on any atom is -0.493 e. The van der Waals surface area contributed by atoms with Crippen LogP contribution in [0.5, 0.6) is 5.88 Å². The zero-order valence-electron chi connectivity index (χ0n) is 11.1. The average molecular weight is 251 g/mol. The number of aromatic nitrogens is 2. The van der Waals surface area contributed by atoms with Crippen LogP contribution < -0.4 is 5.56 Å². The predicted molar refractivity (Wildman–Crippen MR) is 70.0 cm³/mol. The molecule has 0 unspecified atom stereocenters. The van der Waals surface area contributed by atoms with Crippen LogP contribution in [-0.4, -0.2) is 40.6 Å². The van der Waals surface area contributed by atoms with Gasteiger partial charge in [0.25, 0.3) is 5.56 Å². The molecule has 2 N–H and O–H groups in total. The van der Waals surface area contributed by atoms with Gasteiger partial charge in [0.1, 0.15) is 5.82 Å². The molecule has 1 aromatic heterocycles. The van der Waals surface area contributed by atoms with Gasteiger partial charge in [0, 0.05) is 13.0 Å². The van der Waals surface area contributed by atoms with Gasteiger partial charge < -0.3 is 15.0 Å². The highest BCUT2D eigenvalue weighted by Gasteiger charge is 2.24. The standard InChI is InChI=1S/C13H21N3O2/c1-16(2)8-7-10-14-12(17)11(13(18)15-10)9-5-3-4-6-9/h9H,3-8H2,1-2H3,(H2,14,15,17,18). The van der Waals surface area contributed by atoms with E-state index in [1.807, 2.05) is 19.0 Å². The molecule has 1 aromatic rings. The number of nitrogens with one attached hydrogen (secondary N) is 1. The van der Waals surface area contributed by atoms with Crippen LogP contribution >= 0.6 is 0 Å². The summed E-state index contributed by atoms with van der Waals surface area (Å²) in [6.45, 7) is 0.797. The lowest BCUT2D eigenvalue weighted by molar-refractivity contribution is 0.401. The molecule has 1 heterocycles. The quantitative estimate of drug-likeness (QED) is 0.844. The summed E-state index contributed by atoms with van der Waals surface area (Å²) in [5.41, 5.74) is 0.323. The van der Waals surface area contributed by atoms with Crippen molar-refractivity contribution in [2.45, 2.75) is 38.0 Å². The van der Waals surface area contributed by atoms with E-state index in [9.17, 15) is 9.90 Å². The fraction of sp³-hybridized carbons (Fsp3) is 0.692. The van der Waals surface area contributed by atoms with Crippen LogP contribution in [0.4, 0.5) is 0 Å². The van der Waals surface area contributed by atoms with E-state index in [0.717, 1.165) is 32.2 Å². The second-order valence-electron chi connectivity index (χ2n) is 5.28.